The van der Waals surface area contributed by atoms with Crippen LogP contribution in [0.25, 0.3) is 11.0 Å². The van der Waals surface area contributed by atoms with Gasteiger partial charge < -0.3 is 9.88 Å². The number of rotatable bonds is 3. The fourth-order valence-corrected chi connectivity index (χ4v) is 4.62. The lowest BCUT2D eigenvalue weighted by Gasteiger charge is -2.44. The van der Waals surface area contributed by atoms with E-state index in [1.54, 1.807) is 0 Å². The average molecular weight is 325 g/mol. The van der Waals surface area contributed by atoms with E-state index in [2.05, 4.69) is 4.98 Å². The van der Waals surface area contributed by atoms with E-state index in [0.29, 0.717) is 23.6 Å². The van der Waals surface area contributed by atoms with Crippen LogP contribution in [0.2, 0.25) is 0 Å². The number of benzene rings is 1. The zero-order chi connectivity index (χ0) is 16.3. The number of aromatic nitrogens is 2. The van der Waals surface area contributed by atoms with Gasteiger partial charge in [-0.15, -0.1) is 0 Å². The zero-order valence-electron chi connectivity index (χ0n) is 13.8. The summed E-state index contributed by atoms with van der Waals surface area (Å²) in [6, 6.07) is 6.46. The molecular formula is C19H23N3O2. The van der Waals surface area contributed by atoms with Crippen LogP contribution in [0.15, 0.2) is 23.0 Å². The number of nitrogens with zero attached hydrogens (tertiary/aromatic N) is 2. The molecule has 5 heteroatoms. The quantitative estimate of drug-likeness (QED) is 0.943. The third kappa shape index (κ3) is 2.14. The van der Waals surface area contributed by atoms with Crippen molar-refractivity contribution in [3.8, 4) is 0 Å². The fraction of sp³-hybridized carbons (Fsp3) is 0.579. The van der Waals surface area contributed by atoms with E-state index in [0.717, 1.165) is 36.8 Å². The van der Waals surface area contributed by atoms with Crippen LogP contribution >= 0.6 is 0 Å². The highest BCUT2D eigenvalue weighted by molar-refractivity contribution is 5.98. The molecule has 5 nitrogen and oxygen atoms in total. The van der Waals surface area contributed by atoms with Crippen molar-refractivity contribution in [2.24, 2.45) is 5.92 Å². The molecule has 1 aromatic carbocycles. The SMILES string of the molecule is O=C(c1ccc2c(c1)[nH]c(=O)n2C1CC1)N1CCC1C1CCCC1. The smallest absolute Gasteiger partial charge is 0.326 e. The first kappa shape index (κ1) is 14.3. The van der Waals surface area contributed by atoms with Crippen LogP contribution in [-0.2, 0) is 0 Å². The van der Waals surface area contributed by atoms with Gasteiger partial charge in [0.1, 0.15) is 0 Å². The molecule has 3 aliphatic rings. The Labute approximate surface area is 140 Å². The Hall–Kier alpha value is -2.04. The number of likely N-dealkylation sites (tertiary alicyclic amines) is 1. The molecule has 1 saturated heterocycles. The maximum Gasteiger partial charge on any atom is 0.326 e. The van der Waals surface area contributed by atoms with Gasteiger partial charge in [0.2, 0.25) is 0 Å². The van der Waals surface area contributed by atoms with E-state index in [9.17, 15) is 9.59 Å². The van der Waals surface area contributed by atoms with E-state index in [-0.39, 0.29) is 11.6 Å². The molecule has 1 amide bonds. The first-order chi connectivity index (χ1) is 11.7. The second-order valence-corrected chi connectivity index (χ2v) is 7.66. The summed E-state index contributed by atoms with van der Waals surface area (Å²) in [6.45, 7) is 0.873. The molecule has 3 fully saturated rings. The van der Waals surface area contributed by atoms with E-state index < -0.39 is 0 Å². The molecule has 0 radical (unpaired) electrons. The van der Waals surface area contributed by atoms with Gasteiger partial charge in [-0.25, -0.2) is 4.79 Å². The maximum atomic E-state index is 12.9. The molecule has 126 valence electrons. The second-order valence-electron chi connectivity index (χ2n) is 7.66. The van der Waals surface area contributed by atoms with Crippen molar-refractivity contribution in [1.82, 2.24) is 14.5 Å². The van der Waals surface area contributed by atoms with E-state index in [1.165, 1.54) is 25.7 Å². The molecule has 1 aromatic heterocycles. The minimum absolute atomic E-state index is 0.0510. The first-order valence-electron chi connectivity index (χ1n) is 9.27. The Bertz CT molecular complexity index is 855. The molecule has 5 rings (SSSR count). The number of H-pyrrole nitrogens is 1. The summed E-state index contributed by atoms with van der Waals surface area (Å²) in [6.07, 6.45) is 8.45. The highest BCUT2D eigenvalue weighted by Gasteiger charge is 2.39. The predicted octanol–water partition coefficient (Wildman–Crippen LogP) is 3.07. The van der Waals surface area contributed by atoms with Gasteiger partial charge >= 0.3 is 5.69 Å². The summed E-state index contributed by atoms with van der Waals surface area (Å²) < 4.78 is 1.84. The van der Waals surface area contributed by atoms with E-state index in [4.69, 9.17) is 0 Å². The fourth-order valence-electron chi connectivity index (χ4n) is 4.62. The summed E-state index contributed by atoms with van der Waals surface area (Å²) in [7, 11) is 0. The standard InChI is InChI=1S/C19H23N3O2/c23-18(21-10-9-16(21)12-3-1-2-4-12)13-5-8-17-15(11-13)20-19(24)22(17)14-6-7-14/h5,8,11-12,14,16H,1-4,6-7,9-10H2,(H,20,24). The molecule has 1 aliphatic heterocycles. The van der Waals surface area contributed by atoms with Gasteiger partial charge in [-0.3, -0.25) is 9.36 Å². The largest absolute Gasteiger partial charge is 0.335 e. The van der Waals surface area contributed by atoms with Crippen molar-refractivity contribution in [1.29, 1.82) is 0 Å². The number of aromatic amines is 1. The Kier molecular flexibility index (Phi) is 3.12. The molecular weight excluding hydrogens is 302 g/mol. The molecule has 2 aromatic rings. The lowest BCUT2D eigenvalue weighted by Crippen LogP contribution is -2.54. The Morgan fingerprint density at radius 2 is 1.88 bits per heavy atom. The number of hydrogen-bond donors (Lipinski definition) is 1. The van der Waals surface area contributed by atoms with Gasteiger partial charge in [0, 0.05) is 24.2 Å². The lowest BCUT2D eigenvalue weighted by molar-refractivity contribution is 0.0308. The molecule has 2 saturated carbocycles. The van der Waals surface area contributed by atoms with Crippen molar-refractivity contribution in [3.63, 3.8) is 0 Å². The molecule has 0 bridgehead atoms. The molecule has 1 unspecified atom stereocenters. The molecule has 1 atom stereocenters. The Morgan fingerprint density at radius 1 is 1.08 bits per heavy atom. The second kappa shape index (κ2) is 5.23. The minimum atomic E-state index is -0.0510. The van der Waals surface area contributed by atoms with Crippen LogP contribution in [0.5, 0.6) is 0 Å². The van der Waals surface area contributed by atoms with Gasteiger partial charge in [0.05, 0.1) is 11.0 Å². The van der Waals surface area contributed by atoms with Crippen molar-refractivity contribution in [3.05, 3.63) is 34.2 Å². The van der Waals surface area contributed by atoms with E-state index >= 15 is 0 Å². The van der Waals surface area contributed by atoms with Gasteiger partial charge in [0.15, 0.2) is 0 Å². The number of fused-ring (bicyclic) bond motifs is 1. The number of nitrogens with one attached hydrogen (secondary N) is 1. The third-order valence-electron chi connectivity index (χ3n) is 6.15. The molecule has 2 heterocycles. The maximum absolute atomic E-state index is 12.9. The van der Waals surface area contributed by atoms with Gasteiger partial charge in [-0.1, -0.05) is 12.8 Å². The lowest BCUT2D eigenvalue weighted by atomic mass is 9.87. The topological polar surface area (TPSA) is 58.1 Å². The predicted molar refractivity (Wildman–Crippen MR) is 92.2 cm³/mol. The summed E-state index contributed by atoms with van der Waals surface area (Å²) in [5.74, 6) is 0.822. The van der Waals surface area contributed by atoms with Crippen LogP contribution in [0.4, 0.5) is 0 Å². The third-order valence-corrected chi connectivity index (χ3v) is 6.15. The van der Waals surface area contributed by atoms with Crippen LogP contribution in [-0.4, -0.2) is 32.9 Å². The monoisotopic (exact) mass is 325 g/mol. The van der Waals surface area contributed by atoms with Crippen LogP contribution in [0.1, 0.15) is 61.3 Å². The number of carbonyl (C=O) groups is 1. The minimum Gasteiger partial charge on any atom is -0.335 e. The van der Waals surface area contributed by atoms with Crippen LogP contribution in [0.3, 0.4) is 0 Å². The van der Waals surface area contributed by atoms with Crippen molar-refractivity contribution in [2.75, 3.05) is 6.54 Å². The van der Waals surface area contributed by atoms with Gasteiger partial charge in [0.25, 0.3) is 5.91 Å². The zero-order valence-corrected chi connectivity index (χ0v) is 13.8. The Morgan fingerprint density at radius 3 is 2.54 bits per heavy atom. The number of amides is 1. The Balaban J connectivity index is 1.44. The van der Waals surface area contributed by atoms with Crippen molar-refractivity contribution in [2.45, 2.75) is 57.0 Å². The average Bonchev–Trinajstić information content (AvgIpc) is 3.11. The highest BCUT2D eigenvalue weighted by Crippen LogP contribution is 2.38. The number of imidazole rings is 1. The van der Waals surface area contributed by atoms with Crippen LogP contribution < -0.4 is 5.69 Å². The van der Waals surface area contributed by atoms with Gasteiger partial charge in [-0.2, -0.15) is 0 Å². The number of carbonyl (C=O) groups excluding carboxylic acids is 1. The summed E-state index contributed by atoms with van der Waals surface area (Å²) in [5.41, 5.74) is 2.37. The highest BCUT2D eigenvalue weighted by atomic mass is 16.2. The summed E-state index contributed by atoms with van der Waals surface area (Å²) in [5, 5.41) is 0. The number of hydrogen-bond acceptors (Lipinski definition) is 2. The molecule has 1 N–H and O–H groups in total. The first-order valence-corrected chi connectivity index (χ1v) is 9.27. The van der Waals surface area contributed by atoms with Gasteiger partial charge in [-0.05, 0) is 56.2 Å². The van der Waals surface area contributed by atoms with Crippen molar-refractivity contribution >= 4 is 16.9 Å². The molecule has 2 aliphatic carbocycles. The molecule has 0 spiro atoms. The summed E-state index contributed by atoms with van der Waals surface area (Å²) in [4.78, 5) is 30.0. The summed E-state index contributed by atoms with van der Waals surface area (Å²) >= 11 is 0. The molecule has 24 heavy (non-hydrogen) atoms. The van der Waals surface area contributed by atoms with Crippen LogP contribution in [0, 0.1) is 5.92 Å². The normalized spacial score (nSPS) is 24.5. The van der Waals surface area contributed by atoms with E-state index in [1.807, 2.05) is 27.7 Å². The van der Waals surface area contributed by atoms with Crippen molar-refractivity contribution < 1.29 is 4.79 Å².